The molecule has 0 spiro atoms. The number of carbonyl (C=O) groups excluding carboxylic acids is 1. The van der Waals surface area contributed by atoms with E-state index in [1.807, 2.05) is 0 Å². The molecule has 1 aliphatic rings. The molecule has 1 aliphatic heterocycles. The molecule has 0 radical (unpaired) electrons. The van der Waals surface area contributed by atoms with E-state index in [0.717, 1.165) is 5.56 Å². The Kier molecular flexibility index (Phi) is 5.25. The lowest BCUT2D eigenvalue weighted by molar-refractivity contribution is -0.131. The third-order valence-corrected chi connectivity index (χ3v) is 5.44. The first kappa shape index (κ1) is 19.4. The molecule has 5 nitrogen and oxygen atoms in total. The summed E-state index contributed by atoms with van der Waals surface area (Å²) in [4.78, 5) is 18.7. The largest absolute Gasteiger partial charge is 0.342 e. The zero-order valence-corrected chi connectivity index (χ0v) is 15.9. The maximum atomic E-state index is 13.5. The molecule has 152 valence electrons. The SMILES string of the molecule is Cc1noc2nc(C3CCN(C(=O)Cc4ccc(F)cc4)CC3)cc(C(F)F)c12. The number of likely N-dealkylation sites (tertiary alicyclic amines) is 1. The Bertz CT molecular complexity index is 1030. The van der Waals surface area contributed by atoms with Crippen molar-refractivity contribution in [3.8, 4) is 0 Å². The number of aromatic nitrogens is 2. The van der Waals surface area contributed by atoms with Gasteiger partial charge in [-0.15, -0.1) is 0 Å². The van der Waals surface area contributed by atoms with Gasteiger partial charge in [-0.25, -0.2) is 18.2 Å². The van der Waals surface area contributed by atoms with Gasteiger partial charge in [0.05, 0.1) is 17.5 Å². The summed E-state index contributed by atoms with van der Waals surface area (Å²) in [5, 5.41) is 4.03. The van der Waals surface area contributed by atoms with Gasteiger partial charge in [0.15, 0.2) is 0 Å². The van der Waals surface area contributed by atoms with E-state index in [2.05, 4.69) is 10.1 Å². The molecule has 0 N–H and O–H groups in total. The van der Waals surface area contributed by atoms with Crippen molar-refractivity contribution in [1.29, 1.82) is 0 Å². The van der Waals surface area contributed by atoms with E-state index in [1.54, 1.807) is 24.0 Å². The number of nitrogens with zero attached hydrogens (tertiary/aromatic N) is 3. The van der Waals surface area contributed by atoms with Crippen LogP contribution in [-0.2, 0) is 11.2 Å². The van der Waals surface area contributed by atoms with Gasteiger partial charge in [0.1, 0.15) is 5.82 Å². The second kappa shape index (κ2) is 7.85. The number of piperidine rings is 1. The van der Waals surface area contributed by atoms with Gasteiger partial charge in [0, 0.05) is 30.3 Å². The number of benzene rings is 1. The van der Waals surface area contributed by atoms with Gasteiger partial charge in [-0.3, -0.25) is 4.79 Å². The average molecular weight is 403 g/mol. The molecule has 0 atom stereocenters. The van der Waals surface area contributed by atoms with Crippen LogP contribution >= 0.6 is 0 Å². The Labute approximate surface area is 165 Å². The normalized spacial score (nSPS) is 15.4. The molecular weight excluding hydrogens is 383 g/mol. The number of halogens is 3. The lowest BCUT2D eigenvalue weighted by atomic mass is 9.91. The van der Waals surface area contributed by atoms with Crippen LogP contribution in [-0.4, -0.2) is 34.0 Å². The number of aryl methyl sites for hydroxylation is 1. The minimum Gasteiger partial charge on any atom is -0.342 e. The fourth-order valence-corrected chi connectivity index (χ4v) is 3.84. The number of fused-ring (bicyclic) bond motifs is 1. The number of hydrogen-bond acceptors (Lipinski definition) is 4. The number of pyridine rings is 1. The monoisotopic (exact) mass is 403 g/mol. The Hall–Kier alpha value is -2.90. The van der Waals surface area contributed by atoms with Crippen molar-refractivity contribution >= 4 is 17.0 Å². The van der Waals surface area contributed by atoms with Crippen molar-refractivity contribution in [2.24, 2.45) is 0 Å². The minimum atomic E-state index is -2.64. The van der Waals surface area contributed by atoms with Crippen molar-refractivity contribution < 1.29 is 22.5 Å². The van der Waals surface area contributed by atoms with Gasteiger partial charge < -0.3 is 9.42 Å². The van der Waals surface area contributed by atoms with Crippen LogP contribution < -0.4 is 0 Å². The summed E-state index contributed by atoms with van der Waals surface area (Å²) in [7, 11) is 0. The number of carbonyl (C=O) groups is 1. The second-order valence-corrected chi connectivity index (χ2v) is 7.34. The zero-order chi connectivity index (χ0) is 20.5. The van der Waals surface area contributed by atoms with E-state index in [-0.39, 0.29) is 40.7 Å². The van der Waals surface area contributed by atoms with Crippen molar-refractivity contribution in [2.75, 3.05) is 13.1 Å². The Morgan fingerprint density at radius 2 is 1.93 bits per heavy atom. The average Bonchev–Trinajstić information content (AvgIpc) is 3.10. The minimum absolute atomic E-state index is 0.0300. The summed E-state index contributed by atoms with van der Waals surface area (Å²) in [6.07, 6.45) is -1.18. The molecule has 1 fully saturated rings. The summed E-state index contributed by atoms with van der Waals surface area (Å²) in [5.74, 6) is -0.397. The fraction of sp³-hybridized carbons (Fsp3) is 0.381. The van der Waals surface area contributed by atoms with E-state index in [4.69, 9.17) is 4.52 Å². The smallest absolute Gasteiger partial charge is 0.264 e. The van der Waals surface area contributed by atoms with Crippen molar-refractivity contribution in [2.45, 2.75) is 38.5 Å². The fourth-order valence-electron chi connectivity index (χ4n) is 3.84. The summed E-state index contributed by atoms with van der Waals surface area (Å²) < 4.78 is 45.2. The van der Waals surface area contributed by atoms with Crippen LogP contribution in [0.5, 0.6) is 0 Å². The highest BCUT2D eigenvalue weighted by molar-refractivity contribution is 5.80. The molecule has 3 aromatic rings. The second-order valence-electron chi connectivity index (χ2n) is 7.34. The standard InChI is InChI=1S/C21H20F3N3O2/c1-12-19-16(20(23)24)11-17(25-21(19)29-26-12)14-6-8-27(9-7-14)18(28)10-13-2-4-15(22)5-3-13/h2-5,11,14,20H,6-10H2,1H3. The van der Waals surface area contributed by atoms with Crippen molar-refractivity contribution in [3.63, 3.8) is 0 Å². The van der Waals surface area contributed by atoms with Crippen LogP contribution in [0.15, 0.2) is 34.9 Å². The molecule has 29 heavy (non-hydrogen) atoms. The summed E-state index contributed by atoms with van der Waals surface area (Å²) in [5.41, 5.74) is 1.72. The van der Waals surface area contributed by atoms with Crippen LogP contribution in [0.3, 0.4) is 0 Å². The molecule has 0 saturated carbocycles. The predicted molar refractivity (Wildman–Crippen MR) is 100 cm³/mol. The first-order valence-corrected chi connectivity index (χ1v) is 9.49. The lowest BCUT2D eigenvalue weighted by Crippen LogP contribution is -2.38. The van der Waals surface area contributed by atoms with Crippen LogP contribution in [0.1, 0.15) is 47.7 Å². The Morgan fingerprint density at radius 3 is 2.59 bits per heavy atom. The van der Waals surface area contributed by atoms with E-state index < -0.39 is 6.43 Å². The first-order chi connectivity index (χ1) is 13.9. The number of alkyl halides is 2. The summed E-state index contributed by atoms with van der Waals surface area (Å²) >= 11 is 0. The summed E-state index contributed by atoms with van der Waals surface area (Å²) in [6, 6.07) is 7.32. The van der Waals surface area contributed by atoms with Gasteiger partial charge in [-0.05, 0) is 43.5 Å². The molecular formula is C21H20F3N3O2. The highest BCUT2D eigenvalue weighted by Gasteiger charge is 2.27. The third kappa shape index (κ3) is 3.97. The van der Waals surface area contributed by atoms with Gasteiger partial charge in [0.25, 0.3) is 12.1 Å². The molecule has 2 aromatic heterocycles. The summed E-state index contributed by atoms with van der Waals surface area (Å²) in [6.45, 7) is 2.65. The van der Waals surface area contributed by atoms with E-state index >= 15 is 0 Å². The molecule has 4 rings (SSSR count). The van der Waals surface area contributed by atoms with Crippen molar-refractivity contribution in [1.82, 2.24) is 15.0 Å². The maximum absolute atomic E-state index is 13.5. The van der Waals surface area contributed by atoms with Crippen molar-refractivity contribution in [3.05, 3.63) is 58.7 Å². The molecule has 0 bridgehead atoms. The highest BCUT2D eigenvalue weighted by atomic mass is 19.3. The molecule has 0 aliphatic carbocycles. The third-order valence-electron chi connectivity index (χ3n) is 5.44. The Balaban J connectivity index is 1.45. The van der Waals surface area contributed by atoms with Crippen LogP contribution in [0, 0.1) is 12.7 Å². The van der Waals surface area contributed by atoms with E-state index in [0.29, 0.717) is 37.3 Å². The molecule has 1 amide bonds. The molecule has 8 heteroatoms. The predicted octanol–water partition coefficient (Wildman–Crippen LogP) is 4.56. The quantitative estimate of drug-likeness (QED) is 0.641. The van der Waals surface area contributed by atoms with Gasteiger partial charge in [0.2, 0.25) is 5.91 Å². The number of hydrogen-bond donors (Lipinski definition) is 0. The van der Waals surface area contributed by atoms with Crippen LogP contribution in [0.2, 0.25) is 0 Å². The number of amides is 1. The van der Waals surface area contributed by atoms with Gasteiger partial charge in [-0.1, -0.05) is 17.3 Å². The molecule has 1 saturated heterocycles. The van der Waals surface area contributed by atoms with E-state index in [9.17, 15) is 18.0 Å². The van der Waals surface area contributed by atoms with Crippen LogP contribution in [0.4, 0.5) is 13.2 Å². The maximum Gasteiger partial charge on any atom is 0.264 e. The lowest BCUT2D eigenvalue weighted by Gasteiger charge is -2.32. The van der Waals surface area contributed by atoms with Gasteiger partial charge >= 0.3 is 0 Å². The van der Waals surface area contributed by atoms with Crippen LogP contribution in [0.25, 0.3) is 11.1 Å². The number of rotatable bonds is 4. The topological polar surface area (TPSA) is 59.2 Å². The first-order valence-electron chi connectivity index (χ1n) is 9.49. The molecule has 1 aromatic carbocycles. The molecule has 0 unspecified atom stereocenters. The highest BCUT2D eigenvalue weighted by Crippen LogP contribution is 2.34. The Morgan fingerprint density at radius 1 is 1.24 bits per heavy atom. The molecule has 3 heterocycles. The van der Waals surface area contributed by atoms with Gasteiger partial charge in [-0.2, -0.15) is 0 Å². The zero-order valence-electron chi connectivity index (χ0n) is 15.9. The van der Waals surface area contributed by atoms with E-state index in [1.165, 1.54) is 18.2 Å².